The molecule has 0 N–H and O–H groups in total. The summed E-state index contributed by atoms with van der Waals surface area (Å²) in [6.07, 6.45) is 0.934. The summed E-state index contributed by atoms with van der Waals surface area (Å²) in [5.41, 5.74) is 39.0. The zero-order chi connectivity index (χ0) is 48.3. The number of benzene rings is 8. The fourth-order valence-corrected chi connectivity index (χ4v) is 14.7. The summed E-state index contributed by atoms with van der Waals surface area (Å²) < 4.78 is 0. The Labute approximate surface area is 420 Å². The van der Waals surface area contributed by atoms with E-state index in [1.165, 1.54) is 156 Å². The van der Waals surface area contributed by atoms with E-state index < -0.39 is 0 Å². The third-order valence-corrected chi connectivity index (χ3v) is 17.4. The molecule has 8 aromatic carbocycles. The molecule has 0 amide bonds. The molecule has 15 rings (SSSR count). The normalized spacial score (nSPS) is 16.6. The van der Waals surface area contributed by atoms with Crippen LogP contribution in [0.2, 0.25) is 0 Å². The molecule has 0 spiro atoms. The van der Waals surface area contributed by atoms with Crippen molar-refractivity contribution < 1.29 is 0 Å². The van der Waals surface area contributed by atoms with Crippen LogP contribution in [0.3, 0.4) is 0 Å². The lowest BCUT2D eigenvalue weighted by molar-refractivity contribution is 0.430. The second-order valence-corrected chi connectivity index (χ2v) is 22.8. The number of aryl methyl sites for hydroxylation is 8. The van der Waals surface area contributed by atoms with Gasteiger partial charge < -0.3 is 19.6 Å². The number of fused-ring (bicyclic) bond motifs is 9. The summed E-state index contributed by atoms with van der Waals surface area (Å²) in [4.78, 5) is 10.8. The maximum absolute atomic E-state index is 2.88. The molecule has 0 saturated heterocycles. The molecular formula is C64H55B3N4. The molecule has 0 radical (unpaired) electrons. The predicted molar refractivity (Wildman–Crippen MR) is 304 cm³/mol. The molecule has 8 aromatic rings. The first-order chi connectivity index (χ1) is 34.3. The van der Waals surface area contributed by atoms with Gasteiger partial charge in [-0.1, -0.05) is 138 Å². The van der Waals surface area contributed by atoms with Gasteiger partial charge in [-0.3, -0.25) is 0 Å². The van der Waals surface area contributed by atoms with Crippen molar-refractivity contribution in [1.82, 2.24) is 0 Å². The standard InChI is InChI=1S/C64H55B3N4/c1-35-11-20-43(21-12-35)68-52-26-17-38(4)29-46(52)65-49-32-41(7)59-56-60(49)71-61-50(33-42(8)58(68)55(61)65)66-48-31-40(6)19-28-54(48)70(45-24-15-37(3)16-25-45)63-57(66)62(71)51(34-64(63,9)10)67(56)47-30-39(5)18-27-53(47)69(59)44-22-13-36(2)14-23-44/h11-33H,34H2,1-10H3. The van der Waals surface area contributed by atoms with Crippen LogP contribution in [0.25, 0.3) is 0 Å². The molecule has 7 heteroatoms. The lowest BCUT2D eigenvalue weighted by Crippen LogP contribution is -2.72. The van der Waals surface area contributed by atoms with E-state index in [0.717, 1.165) is 6.42 Å². The zero-order valence-electron chi connectivity index (χ0n) is 42.5. The van der Waals surface area contributed by atoms with Crippen LogP contribution in [0.1, 0.15) is 64.8 Å². The van der Waals surface area contributed by atoms with Crippen LogP contribution in [0.4, 0.5) is 56.9 Å². The molecule has 4 nitrogen and oxygen atoms in total. The number of rotatable bonds is 3. The van der Waals surface area contributed by atoms with Crippen LogP contribution < -0.4 is 57.8 Å². The van der Waals surface area contributed by atoms with E-state index in [1.807, 2.05) is 0 Å². The Morgan fingerprint density at radius 1 is 0.366 bits per heavy atom. The first kappa shape index (κ1) is 41.4. The van der Waals surface area contributed by atoms with Crippen LogP contribution in [0.5, 0.6) is 0 Å². The molecule has 7 aliphatic rings. The monoisotopic (exact) mass is 912 g/mol. The van der Waals surface area contributed by atoms with Gasteiger partial charge in [0.25, 0.3) is 13.4 Å². The van der Waals surface area contributed by atoms with E-state index in [1.54, 1.807) is 5.47 Å². The Balaban J connectivity index is 1.15. The van der Waals surface area contributed by atoms with E-state index in [-0.39, 0.29) is 25.6 Å². The molecule has 0 unspecified atom stereocenters. The topological polar surface area (TPSA) is 13.0 Å². The molecule has 6 heterocycles. The van der Waals surface area contributed by atoms with Crippen molar-refractivity contribution in [1.29, 1.82) is 0 Å². The van der Waals surface area contributed by atoms with Crippen molar-refractivity contribution in [3.63, 3.8) is 0 Å². The van der Waals surface area contributed by atoms with Crippen LogP contribution in [-0.2, 0) is 0 Å². The molecule has 6 aliphatic heterocycles. The van der Waals surface area contributed by atoms with Crippen LogP contribution in [-0.4, -0.2) is 20.1 Å². The molecule has 0 saturated carbocycles. The third-order valence-electron chi connectivity index (χ3n) is 17.4. The average Bonchev–Trinajstić information content (AvgIpc) is 3.35. The lowest BCUT2D eigenvalue weighted by atomic mass is 9.23. The number of anilines is 10. The molecule has 71 heavy (non-hydrogen) atoms. The summed E-state index contributed by atoms with van der Waals surface area (Å²) in [7, 11) is 0. The fraction of sp³-hybridized carbons (Fsp3) is 0.188. The van der Waals surface area contributed by atoms with Crippen LogP contribution >= 0.6 is 0 Å². The SMILES string of the molecule is Cc1ccc(N2C3=C4B(c5cc(C)ccc52)c2cc(C)c5c6c2N2C4=C(CC3(C)C)B3c4cc(C)ccc4N(c4ccc(C)cc4)c4c(C)cc(c2c43)B6c2cc(C)ccc2N5c2ccc(C)cc2)cc1. The summed E-state index contributed by atoms with van der Waals surface area (Å²) in [6.45, 7) is 23.5. The smallest absolute Gasteiger partial charge is 0.252 e. The summed E-state index contributed by atoms with van der Waals surface area (Å²) in [5, 5.41) is 0. The molecule has 0 fully saturated rings. The number of hydrogen-bond donors (Lipinski definition) is 0. The van der Waals surface area contributed by atoms with Crippen LogP contribution in [0, 0.1) is 60.8 Å². The minimum absolute atomic E-state index is 0.0229. The molecule has 0 bridgehead atoms. The molecule has 1 aliphatic carbocycles. The quantitative estimate of drug-likeness (QED) is 0.164. The third kappa shape index (κ3) is 5.29. The predicted octanol–water partition coefficient (Wildman–Crippen LogP) is 11.1. The summed E-state index contributed by atoms with van der Waals surface area (Å²) in [6, 6.07) is 54.9. The van der Waals surface area contributed by atoms with E-state index in [4.69, 9.17) is 0 Å². The Morgan fingerprint density at radius 2 is 0.746 bits per heavy atom. The summed E-state index contributed by atoms with van der Waals surface area (Å²) >= 11 is 0. The number of allylic oxidation sites excluding steroid dienone is 3. The van der Waals surface area contributed by atoms with Gasteiger partial charge in [0.15, 0.2) is 0 Å². The molecule has 0 aromatic heterocycles. The van der Waals surface area contributed by atoms with Crippen molar-refractivity contribution in [2.45, 2.75) is 75.7 Å². The van der Waals surface area contributed by atoms with Gasteiger partial charge in [0.05, 0.1) is 0 Å². The maximum Gasteiger partial charge on any atom is 0.252 e. The van der Waals surface area contributed by atoms with Crippen molar-refractivity contribution in [2.75, 3.05) is 19.6 Å². The van der Waals surface area contributed by atoms with Gasteiger partial charge in [-0.05, 0) is 171 Å². The van der Waals surface area contributed by atoms with Gasteiger partial charge in [-0.15, -0.1) is 0 Å². The highest BCUT2D eigenvalue weighted by Crippen LogP contribution is 2.59. The van der Waals surface area contributed by atoms with Gasteiger partial charge in [-0.25, -0.2) is 0 Å². The van der Waals surface area contributed by atoms with E-state index >= 15 is 0 Å². The minimum Gasteiger partial charge on any atom is -0.315 e. The number of nitrogens with zero attached hydrogens (tertiary/aromatic N) is 4. The Morgan fingerprint density at radius 3 is 1.23 bits per heavy atom. The molecular weight excluding hydrogens is 857 g/mol. The minimum atomic E-state index is -0.222. The van der Waals surface area contributed by atoms with Gasteiger partial charge >= 0.3 is 0 Å². The highest BCUT2D eigenvalue weighted by atomic mass is 15.2. The van der Waals surface area contributed by atoms with Gasteiger partial charge in [0.2, 0.25) is 6.71 Å². The highest BCUT2D eigenvalue weighted by molar-refractivity contribution is 7.05. The van der Waals surface area contributed by atoms with Gasteiger partial charge in [0.1, 0.15) is 0 Å². The van der Waals surface area contributed by atoms with Crippen molar-refractivity contribution >= 4 is 115 Å². The van der Waals surface area contributed by atoms with Gasteiger partial charge in [-0.2, -0.15) is 0 Å². The van der Waals surface area contributed by atoms with E-state index in [0.29, 0.717) is 0 Å². The molecule has 340 valence electrons. The largest absolute Gasteiger partial charge is 0.315 e. The Bertz CT molecular complexity index is 3830. The Kier molecular flexibility index (Phi) is 8.13. The van der Waals surface area contributed by atoms with Crippen molar-refractivity contribution in [3.05, 3.63) is 206 Å². The first-order valence-electron chi connectivity index (χ1n) is 25.8. The zero-order valence-corrected chi connectivity index (χ0v) is 42.5. The van der Waals surface area contributed by atoms with Crippen LogP contribution in [0.15, 0.2) is 162 Å². The van der Waals surface area contributed by atoms with E-state index in [2.05, 4.69) is 228 Å². The Hall–Kier alpha value is -7.37. The second-order valence-electron chi connectivity index (χ2n) is 22.8. The van der Waals surface area contributed by atoms with Crippen molar-refractivity contribution in [3.8, 4) is 0 Å². The molecule has 0 atom stereocenters. The highest BCUT2D eigenvalue weighted by Gasteiger charge is 2.60. The maximum atomic E-state index is 2.88. The second kappa shape index (κ2) is 13.9. The summed E-state index contributed by atoms with van der Waals surface area (Å²) in [5.74, 6) is 0. The lowest BCUT2D eigenvalue weighted by Gasteiger charge is -2.59. The first-order valence-corrected chi connectivity index (χ1v) is 25.8. The number of hydrogen-bond acceptors (Lipinski definition) is 4. The fourth-order valence-electron chi connectivity index (χ4n) is 14.7. The van der Waals surface area contributed by atoms with Crippen molar-refractivity contribution in [2.24, 2.45) is 5.41 Å². The average molecular weight is 913 g/mol. The van der Waals surface area contributed by atoms with Gasteiger partial charge in [0, 0.05) is 73.7 Å². The van der Waals surface area contributed by atoms with E-state index in [9.17, 15) is 0 Å².